The quantitative estimate of drug-likeness (QED) is 0.751. The summed E-state index contributed by atoms with van der Waals surface area (Å²) < 4.78 is 6.84. The summed E-state index contributed by atoms with van der Waals surface area (Å²) in [5, 5.41) is 2.84. The molecule has 0 bridgehead atoms. The van der Waals surface area contributed by atoms with E-state index < -0.39 is 0 Å². The Bertz CT molecular complexity index is 725. The molecule has 6 heteroatoms. The smallest absolute Gasteiger partial charge is 0.272 e. The van der Waals surface area contributed by atoms with Gasteiger partial charge in [0.15, 0.2) is 0 Å². The summed E-state index contributed by atoms with van der Waals surface area (Å²) in [6, 6.07) is 7.47. The fourth-order valence-electron chi connectivity index (χ4n) is 2.39. The van der Waals surface area contributed by atoms with Gasteiger partial charge in [-0.05, 0) is 32.4 Å². The maximum atomic E-state index is 12.3. The molecule has 0 aliphatic rings. The van der Waals surface area contributed by atoms with Gasteiger partial charge in [0.1, 0.15) is 5.69 Å². The minimum absolute atomic E-state index is 0.0630. The second-order valence-corrected chi connectivity index (χ2v) is 5.29. The van der Waals surface area contributed by atoms with Gasteiger partial charge in [-0.2, -0.15) is 0 Å². The average molecular weight is 317 g/mol. The normalized spacial score (nSPS) is 10.9. The molecular formula is C17H23N3O3. The fraction of sp³-hybridized carbons (Fsp3) is 0.471. The Morgan fingerprint density at radius 1 is 1.35 bits per heavy atom. The van der Waals surface area contributed by atoms with Crippen LogP contribution in [0.2, 0.25) is 0 Å². The number of carbonyl (C=O) groups is 1. The molecule has 2 aromatic rings. The van der Waals surface area contributed by atoms with Crippen LogP contribution in [-0.2, 0) is 16.1 Å². The van der Waals surface area contributed by atoms with Gasteiger partial charge in [0.2, 0.25) is 5.91 Å². The SMILES string of the molecule is CCOCCCNC(=O)CCn1c(=O)c(C)nc2ccccc21. The van der Waals surface area contributed by atoms with Crippen molar-refractivity contribution in [3.05, 3.63) is 40.3 Å². The number of carbonyl (C=O) groups excluding carboxylic acids is 1. The van der Waals surface area contributed by atoms with E-state index in [9.17, 15) is 9.59 Å². The highest BCUT2D eigenvalue weighted by Gasteiger charge is 2.09. The van der Waals surface area contributed by atoms with Crippen LogP contribution >= 0.6 is 0 Å². The summed E-state index contributed by atoms with van der Waals surface area (Å²) in [4.78, 5) is 28.5. The van der Waals surface area contributed by atoms with E-state index in [0.29, 0.717) is 32.0 Å². The van der Waals surface area contributed by atoms with Gasteiger partial charge in [0.05, 0.1) is 11.0 Å². The number of rotatable bonds is 8. The highest BCUT2D eigenvalue weighted by molar-refractivity contribution is 5.77. The van der Waals surface area contributed by atoms with Crippen LogP contribution in [0, 0.1) is 6.92 Å². The van der Waals surface area contributed by atoms with E-state index in [2.05, 4.69) is 10.3 Å². The van der Waals surface area contributed by atoms with E-state index in [1.165, 1.54) is 0 Å². The molecule has 0 saturated heterocycles. The Morgan fingerprint density at radius 2 is 2.13 bits per heavy atom. The van der Waals surface area contributed by atoms with Crippen molar-refractivity contribution in [2.24, 2.45) is 0 Å². The molecule has 0 radical (unpaired) electrons. The van der Waals surface area contributed by atoms with E-state index in [1.54, 1.807) is 11.5 Å². The molecule has 0 aliphatic heterocycles. The third-order valence-electron chi connectivity index (χ3n) is 3.57. The van der Waals surface area contributed by atoms with Crippen LogP contribution in [0.5, 0.6) is 0 Å². The minimum atomic E-state index is -0.146. The van der Waals surface area contributed by atoms with Gasteiger partial charge in [-0.3, -0.25) is 9.59 Å². The van der Waals surface area contributed by atoms with E-state index in [0.717, 1.165) is 17.5 Å². The Hall–Kier alpha value is -2.21. The highest BCUT2D eigenvalue weighted by Crippen LogP contribution is 2.10. The second kappa shape index (κ2) is 8.43. The second-order valence-electron chi connectivity index (χ2n) is 5.29. The van der Waals surface area contributed by atoms with Gasteiger partial charge in [-0.1, -0.05) is 12.1 Å². The first kappa shape index (κ1) is 17.1. The number of hydrogen-bond donors (Lipinski definition) is 1. The lowest BCUT2D eigenvalue weighted by Gasteiger charge is -2.11. The predicted molar refractivity (Wildman–Crippen MR) is 89.5 cm³/mol. The molecule has 0 aliphatic carbocycles. The standard InChI is InChI=1S/C17H23N3O3/c1-3-23-12-6-10-18-16(21)9-11-20-15-8-5-4-7-14(15)19-13(2)17(20)22/h4-5,7-8H,3,6,9-12H2,1-2H3,(H,18,21). The maximum absolute atomic E-state index is 12.3. The molecule has 1 amide bonds. The molecule has 124 valence electrons. The number of nitrogens with zero attached hydrogens (tertiary/aromatic N) is 2. The van der Waals surface area contributed by atoms with Crippen molar-refractivity contribution in [1.82, 2.24) is 14.9 Å². The molecule has 0 fully saturated rings. The van der Waals surface area contributed by atoms with E-state index >= 15 is 0 Å². The minimum Gasteiger partial charge on any atom is -0.382 e. The lowest BCUT2D eigenvalue weighted by Crippen LogP contribution is -2.29. The first-order chi connectivity index (χ1) is 11.1. The number of amides is 1. The number of benzene rings is 1. The molecule has 2 rings (SSSR count). The van der Waals surface area contributed by atoms with Crippen LogP contribution in [-0.4, -0.2) is 35.2 Å². The Labute approximate surface area is 135 Å². The zero-order chi connectivity index (χ0) is 16.7. The van der Waals surface area contributed by atoms with E-state index in [1.807, 2.05) is 31.2 Å². The Morgan fingerprint density at radius 3 is 2.91 bits per heavy atom. The average Bonchev–Trinajstić information content (AvgIpc) is 2.55. The number of hydrogen-bond acceptors (Lipinski definition) is 4. The molecule has 1 aromatic heterocycles. The molecule has 0 atom stereocenters. The maximum Gasteiger partial charge on any atom is 0.272 e. The summed E-state index contributed by atoms with van der Waals surface area (Å²) in [7, 11) is 0. The van der Waals surface area contributed by atoms with Crippen molar-refractivity contribution in [3.63, 3.8) is 0 Å². The lowest BCUT2D eigenvalue weighted by atomic mass is 10.2. The summed E-state index contributed by atoms with van der Waals surface area (Å²) >= 11 is 0. The van der Waals surface area contributed by atoms with E-state index in [4.69, 9.17) is 4.74 Å². The van der Waals surface area contributed by atoms with Crippen LogP contribution in [0.15, 0.2) is 29.1 Å². The first-order valence-corrected chi connectivity index (χ1v) is 7.94. The van der Waals surface area contributed by atoms with Crippen molar-refractivity contribution >= 4 is 16.9 Å². The number of fused-ring (bicyclic) bond motifs is 1. The molecule has 1 heterocycles. The summed E-state index contributed by atoms with van der Waals surface area (Å²) in [6.07, 6.45) is 1.05. The monoisotopic (exact) mass is 317 g/mol. The van der Waals surface area contributed by atoms with Gasteiger partial charge < -0.3 is 14.6 Å². The molecule has 0 unspecified atom stereocenters. The van der Waals surface area contributed by atoms with Gasteiger partial charge in [0, 0.05) is 32.7 Å². The van der Waals surface area contributed by atoms with Crippen molar-refractivity contribution in [3.8, 4) is 0 Å². The van der Waals surface area contributed by atoms with Crippen molar-refractivity contribution in [2.75, 3.05) is 19.8 Å². The van der Waals surface area contributed by atoms with Gasteiger partial charge in [-0.15, -0.1) is 0 Å². The summed E-state index contributed by atoms with van der Waals surface area (Å²) in [5.74, 6) is -0.0630. The van der Waals surface area contributed by atoms with Crippen LogP contribution in [0.3, 0.4) is 0 Å². The number of nitrogens with one attached hydrogen (secondary N) is 1. The van der Waals surface area contributed by atoms with E-state index in [-0.39, 0.29) is 17.9 Å². The molecule has 0 spiro atoms. The van der Waals surface area contributed by atoms with Gasteiger partial charge >= 0.3 is 0 Å². The highest BCUT2D eigenvalue weighted by atomic mass is 16.5. The third-order valence-corrected chi connectivity index (χ3v) is 3.57. The topological polar surface area (TPSA) is 73.2 Å². The molecule has 1 N–H and O–H groups in total. The lowest BCUT2D eigenvalue weighted by molar-refractivity contribution is -0.121. The molecule has 0 saturated carbocycles. The van der Waals surface area contributed by atoms with Crippen LogP contribution in [0.1, 0.15) is 25.5 Å². The fourth-order valence-corrected chi connectivity index (χ4v) is 2.39. The zero-order valence-corrected chi connectivity index (χ0v) is 13.7. The van der Waals surface area contributed by atoms with Crippen molar-refractivity contribution < 1.29 is 9.53 Å². The van der Waals surface area contributed by atoms with Gasteiger partial charge in [0.25, 0.3) is 5.56 Å². The number of aryl methyl sites for hydroxylation is 2. The molecular weight excluding hydrogens is 294 g/mol. The number of ether oxygens (including phenoxy) is 1. The molecule has 23 heavy (non-hydrogen) atoms. The number of para-hydroxylation sites is 2. The summed E-state index contributed by atoms with van der Waals surface area (Å²) in [5.41, 5.74) is 1.82. The largest absolute Gasteiger partial charge is 0.382 e. The third kappa shape index (κ3) is 4.63. The molecule has 1 aromatic carbocycles. The van der Waals surface area contributed by atoms with Crippen LogP contribution in [0.4, 0.5) is 0 Å². The Balaban J connectivity index is 1.98. The molecule has 6 nitrogen and oxygen atoms in total. The van der Waals surface area contributed by atoms with Crippen molar-refractivity contribution in [2.45, 2.75) is 33.2 Å². The Kier molecular flexibility index (Phi) is 6.29. The van der Waals surface area contributed by atoms with Crippen LogP contribution in [0.25, 0.3) is 11.0 Å². The zero-order valence-electron chi connectivity index (χ0n) is 13.7. The number of aromatic nitrogens is 2. The van der Waals surface area contributed by atoms with Gasteiger partial charge in [-0.25, -0.2) is 4.98 Å². The van der Waals surface area contributed by atoms with Crippen molar-refractivity contribution in [1.29, 1.82) is 0 Å². The van der Waals surface area contributed by atoms with Crippen LogP contribution < -0.4 is 10.9 Å². The predicted octanol–water partition coefficient (Wildman–Crippen LogP) is 1.64. The summed E-state index contributed by atoms with van der Waals surface area (Å²) in [6.45, 7) is 5.90. The first-order valence-electron chi connectivity index (χ1n) is 7.94.